The van der Waals surface area contributed by atoms with Crippen molar-refractivity contribution in [1.29, 1.82) is 0 Å². The van der Waals surface area contributed by atoms with Crippen molar-refractivity contribution in [2.45, 2.75) is 6.92 Å². The third-order valence-electron chi connectivity index (χ3n) is 4.18. The van der Waals surface area contributed by atoms with E-state index in [4.69, 9.17) is 16.3 Å². The second-order valence-corrected chi connectivity index (χ2v) is 6.33. The molecule has 1 aromatic carbocycles. The van der Waals surface area contributed by atoms with Gasteiger partial charge in [-0.15, -0.1) is 0 Å². The van der Waals surface area contributed by atoms with Crippen LogP contribution in [-0.2, 0) is 4.74 Å². The lowest BCUT2D eigenvalue weighted by molar-refractivity contribution is 0.0526. The number of carbonyl (C=O) groups is 1. The van der Waals surface area contributed by atoms with Gasteiger partial charge in [0.25, 0.3) is 0 Å². The Morgan fingerprint density at radius 3 is 2.64 bits per heavy atom. The van der Waals surface area contributed by atoms with E-state index >= 15 is 0 Å². The zero-order chi connectivity index (χ0) is 17.8. The highest BCUT2D eigenvalue weighted by molar-refractivity contribution is 6.33. The van der Waals surface area contributed by atoms with E-state index in [-0.39, 0.29) is 0 Å². The van der Waals surface area contributed by atoms with Gasteiger partial charge in [0.05, 0.1) is 11.6 Å². The van der Waals surface area contributed by atoms with Crippen LogP contribution < -0.4 is 4.90 Å². The summed E-state index contributed by atoms with van der Waals surface area (Å²) < 4.78 is 5.17. The van der Waals surface area contributed by atoms with Gasteiger partial charge in [-0.25, -0.2) is 14.8 Å². The molecule has 0 N–H and O–H groups in total. The van der Waals surface area contributed by atoms with Crippen LogP contribution in [0.5, 0.6) is 0 Å². The fraction of sp³-hybridized carbons (Fsp3) is 0.389. The van der Waals surface area contributed by atoms with Crippen LogP contribution in [0.15, 0.2) is 30.5 Å². The van der Waals surface area contributed by atoms with E-state index in [0.29, 0.717) is 28.8 Å². The summed E-state index contributed by atoms with van der Waals surface area (Å²) in [4.78, 5) is 25.7. The van der Waals surface area contributed by atoms with E-state index in [9.17, 15) is 4.79 Å². The highest BCUT2D eigenvalue weighted by Crippen LogP contribution is 2.28. The minimum Gasteiger partial charge on any atom is -0.462 e. The number of likely N-dealkylation sites (N-methyl/N-ethyl adjacent to an activating group) is 1. The van der Waals surface area contributed by atoms with Gasteiger partial charge in [0.1, 0.15) is 11.4 Å². The number of anilines is 1. The maximum atomic E-state index is 12.3. The molecule has 0 radical (unpaired) electrons. The highest BCUT2D eigenvalue weighted by atomic mass is 35.5. The van der Waals surface area contributed by atoms with E-state index in [1.54, 1.807) is 13.0 Å². The number of esters is 1. The normalized spacial score (nSPS) is 15.2. The number of rotatable bonds is 4. The van der Waals surface area contributed by atoms with Crippen LogP contribution in [0.2, 0.25) is 5.02 Å². The number of ether oxygens (including phenoxy) is 1. The summed E-state index contributed by atoms with van der Waals surface area (Å²) in [5.74, 6) is 0.714. The third kappa shape index (κ3) is 3.91. The van der Waals surface area contributed by atoms with Gasteiger partial charge < -0.3 is 14.5 Å². The molecule has 0 spiro atoms. The summed E-state index contributed by atoms with van der Waals surface area (Å²) in [5, 5.41) is 0.579. The van der Waals surface area contributed by atoms with Crippen LogP contribution in [-0.4, -0.2) is 60.7 Å². The second kappa shape index (κ2) is 7.80. The second-order valence-electron chi connectivity index (χ2n) is 5.92. The van der Waals surface area contributed by atoms with Gasteiger partial charge in [0.15, 0.2) is 5.82 Å². The molecule has 1 saturated heterocycles. The molecular weight excluding hydrogens is 340 g/mol. The predicted octanol–water partition coefficient (Wildman–Crippen LogP) is 2.73. The van der Waals surface area contributed by atoms with Crippen LogP contribution >= 0.6 is 11.6 Å². The number of halogens is 1. The Morgan fingerprint density at radius 2 is 1.96 bits per heavy atom. The largest absolute Gasteiger partial charge is 0.462 e. The molecule has 7 heteroatoms. The summed E-state index contributed by atoms with van der Waals surface area (Å²) in [6.07, 6.45) is 1.54. The number of aromatic nitrogens is 2. The quantitative estimate of drug-likeness (QED) is 0.781. The summed E-state index contributed by atoms with van der Waals surface area (Å²) in [6, 6.07) is 7.42. The summed E-state index contributed by atoms with van der Waals surface area (Å²) in [6.45, 7) is 5.50. The Kier molecular flexibility index (Phi) is 5.50. The van der Waals surface area contributed by atoms with Gasteiger partial charge in [0, 0.05) is 37.9 Å². The van der Waals surface area contributed by atoms with Crippen molar-refractivity contribution in [1.82, 2.24) is 14.9 Å². The average Bonchev–Trinajstić information content (AvgIpc) is 2.62. The number of benzene rings is 1. The minimum atomic E-state index is -0.401. The molecule has 1 fully saturated rings. The predicted molar refractivity (Wildman–Crippen MR) is 98.1 cm³/mol. The molecule has 0 aliphatic carbocycles. The standard InChI is InChI=1S/C18H21ClN4O2/c1-3-25-18(24)14-12-20-16(13-6-4-5-7-15(13)19)21-17(14)23-10-8-22(2)9-11-23/h4-7,12H,3,8-11H2,1-2H3. The van der Waals surface area contributed by atoms with Gasteiger partial charge in [-0.05, 0) is 26.1 Å². The minimum absolute atomic E-state index is 0.313. The van der Waals surface area contributed by atoms with Crippen LogP contribution in [0, 0.1) is 0 Å². The van der Waals surface area contributed by atoms with Gasteiger partial charge in [-0.3, -0.25) is 0 Å². The molecule has 1 aliphatic heterocycles. The first-order valence-electron chi connectivity index (χ1n) is 8.32. The first-order valence-corrected chi connectivity index (χ1v) is 8.70. The lowest BCUT2D eigenvalue weighted by Gasteiger charge is -2.34. The smallest absolute Gasteiger partial charge is 0.343 e. The topological polar surface area (TPSA) is 58.6 Å². The van der Waals surface area contributed by atoms with E-state index in [1.165, 1.54) is 6.20 Å². The van der Waals surface area contributed by atoms with Crippen LogP contribution in [0.4, 0.5) is 5.82 Å². The Morgan fingerprint density at radius 1 is 1.24 bits per heavy atom. The molecule has 0 saturated carbocycles. The van der Waals surface area contributed by atoms with Gasteiger partial charge in [-0.2, -0.15) is 0 Å². The molecule has 1 aliphatic rings. The molecule has 1 aromatic heterocycles. The van der Waals surface area contributed by atoms with Gasteiger partial charge in [0.2, 0.25) is 0 Å². The molecule has 0 bridgehead atoms. The van der Waals surface area contributed by atoms with E-state index in [2.05, 4.69) is 26.8 Å². The fourth-order valence-electron chi connectivity index (χ4n) is 2.76. The molecule has 6 nitrogen and oxygen atoms in total. The number of hydrogen-bond acceptors (Lipinski definition) is 6. The molecule has 3 rings (SSSR count). The van der Waals surface area contributed by atoms with Crippen LogP contribution in [0.3, 0.4) is 0 Å². The first-order chi connectivity index (χ1) is 12.1. The molecule has 25 heavy (non-hydrogen) atoms. The van der Waals surface area contributed by atoms with Crippen molar-refractivity contribution >= 4 is 23.4 Å². The van der Waals surface area contributed by atoms with Crippen molar-refractivity contribution in [3.63, 3.8) is 0 Å². The molecule has 0 amide bonds. The summed E-state index contributed by atoms with van der Waals surface area (Å²) >= 11 is 6.28. The zero-order valence-corrected chi connectivity index (χ0v) is 15.2. The lowest BCUT2D eigenvalue weighted by Crippen LogP contribution is -2.45. The Labute approximate surface area is 152 Å². The van der Waals surface area contributed by atoms with Gasteiger partial charge >= 0.3 is 5.97 Å². The van der Waals surface area contributed by atoms with Crippen molar-refractivity contribution in [3.05, 3.63) is 41.0 Å². The zero-order valence-electron chi connectivity index (χ0n) is 14.4. The summed E-state index contributed by atoms with van der Waals surface area (Å²) in [7, 11) is 2.08. The Balaban J connectivity index is 2.02. The van der Waals surface area contributed by atoms with Gasteiger partial charge in [-0.1, -0.05) is 23.7 Å². The van der Waals surface area contributed by atoms with Crippen molar-refractivity contribution in [2.75, 3.05) is 44.7 Å². The number of hydrogen-bond donors (Lipinski definition) is 0. The Hall–Kier alpha value is -2.18. The van der Waals surface area contributed by atoms with Crippen molar-refractivity contribution in [3.8, 4) is 11.4 Å². The highest BCUT2D eigenvalue weighted by Gasteiger charge is 2.24. The van der Waals surface area contributed by atoms with E-state index in [0.717, 1.165) is 31.7 Å². The maximum Gasteiger partial charge on any atom is 0.343 e. The molecule has 2 aromatic rings. The van der Waals surface area contributed by atoms with E-state index < -0.39 is 5.97 Å². The van der Waals surface area contributed by atoms with Crippen molar-refractivity contribution in [2.24, 2.45) is 0 Å². The monoisotopic (exact) mass is 360 g/mol. The lowest BCUT2D eigenvalue weighted by atomic mass is 10.2. The number of carbonyl (C=O) groups excluding carboxylic acids is 1. The molecule has 0 unspecified atom stereocenters. The summed E-state index contributed by atoms with van der Waals surface area (Å²) in [5.41, 5.74) is 1.14. The molecule has 132 valence electrons. The average molecular weight is 361 g/mol. The fourth-order valence-corrected chi connectivity index (χ4v) is 2.98. The molecule has 2 heterocycles. The Bertz CT molecular complexity index is 760. The SMILES string of the molecule is CCOC(=O)c1cnc(-c2ccccc2Cl)nc1N1CCN(C)CC1. The van der Waals surface area contributed by atoms with Crippen LogP contribution in [0.1, 0.15) is 17.3 Å². The van der Waals surface area contributed by atoms with E-state index in [1.807, 2.05) is 18.2 Å². The maximum absolute atomic E-state index is 12.3. The molecular formula is C18H21ClN4O2. The van der Waals surface area contributed by atoms with Crippen LogP contribution in [0.25, 0.3) is 11.4 Å². The number of piperazine rings is 1. The number of nitrogens with zero attached hydrogens (tertiary/aromatic N) is 4. The molecule has 0 atom stereocenters. The third-order valence-corrected chi connectivity index (χ3v) is 4.51. The van der Waals surface area contributed by atoms with Crippen molar-refractivity contribution < 1.29 is 9.53 Å². The first kappa shape index (κ1) is 17.6.